The molecule has 0 radical (unpaired) electrons. The van der Waals surface area contributed by atoms with Crippen LogP contribution in [0.15, 0.2) is 24.3 Å². The molecule has 3 heteroatoms. The molecule has 1 unspecified atom stereocenters. The zero-order valence-corrected chi connectivity index (χ0v) is 12.3. The van der Waals surface area contributed by atoms with Crippen molar-refractivity contribution in [2.24, 2.45) is 0 Å². The monoisotopic (exact) mass is 272 g/mol. The van der Waals surface area contributed by atoms with Crippen LogP contribution >= 0.6 is 0 Å². The Bertz CT molecular complexity index is 462. The number of carbonyl (C=O) groups is 1. The Kier molecular flexibility index (Phi) is 4.06. The highest BCUT2D eigenvalue weighted by Crippen LogP contribution is 2.29. The first-order valence-electron chi connectivity index (χ1n) is 7.86. The van der Waals surface area contributed by atoms with Crippen LogP contribution < -0.4 is 5.32 Å². The fourth-order valence-electron chi connectivity index (χ4n) is 3.46. The quantitative estimate of drug-likeness (QED) is 0.917. The molecule has 3 rings (SSSR count). The second kappa shape index (κ2) is 5.96. The molecule has 0 saturated carbocycles. The van der Waals surface area contributed by atoms with E-state index in [-0.39, 0.29) is 6.04 Å². The van der Waals surface area contributed by atoms with Crippen molar-refractivity contribution in [3.05, 3.63) is 35.4 Å². The van der Waals surface area contributed by atoms with Gasteiger partial charge in [0.05, 0.1) is 6.04 Å². The summed E-state index contributed by atoms with van der Waals surface area (Å²) in [5.41, 5.74) is 2.72. The minimum absolute atomic E-state index is 0.215. The number of carbonyl (C=O) groups excluding carboxylic acids is 1. The lowest BCUT2D eigenvalue weighted by molar-refractivity contribution is -0.129. The number of likely N-dealkylation sites (tertiary alicyclic amines) is 1. The Morgan fingerprint density at radius 1 is 1.20 bits per heavy atom. The molecule has 0 aromatic heterocycles. The van der Waals surface area contributed by atoms with Crippen molar-refractivity contribution in [3.8, 4) is 0 Å². The van der Waals surface area contributed by atoms with Crippen LogP contribution in [-0.4, -0.2) is 30.4 Å². The molecule has 0 aliphatic carbocycles. The van der Waals surface area contributed by atoms with Crippen LogP contribution in [0.3, 0.4) is 0 Å². The van der Waals surface area contributed by atoms with Gasteiger partial charge in [-0.05, 0) is 56.3 Å². The largest absolute Gasteiger partial charge is 0.336 e. The second-order valence-electron chi connectivity index (χ2n) is 6.06. The van der Waals surface area contributed by atoms with E-state index in [2.05, 4.69) is 36.5 Å². The van der Waals surface area contributed by atoms with Crippen molar-refractivity contribution in [1.29, 1.82) is 0 Å². The summed E-state index contributed by atoms with van der Waals surface area (Å²) in [5.74, 6) is 1.01. The topological polar surface area (TPSA) is 32.3 Å². The van der Waals surface area contributed by atoms with Gasteiger partial charge in [0.25, 0.3) is 0 Å². The van der Waals surface area contributed by atoms with E-state index in [1.807, 2.05) is 4.90 Å². The highest BCUT2D eigenvalue weighted by atomic mass is 16.2. The molecule has 2 aliphatic heterocycles. The van der Waals surface area contributed by atoms with Gasteiger partial charge in [-0.25, -0.2) is 0 Å². The van der Waals surface area contributed by atoms with Gasteiger partial charge < -0.3 is 10.2 Å². The Morgan fingerprint density at radius 3 is 2.50 bits per heavy atom. The van der Waals surface area contributed by atoms with Crippen LogP contribution in [0, 0.1) is 0 Å². The molecule has 108 valence electrons. The van der Waals surface area contributed by atoms with Crippen LogP contribution in [-0.2, 0) is 4.79 Å². The van der Waals surface area contributed by atoms with Gasteiger partial charge >= 0.3 is 0 Å². The van der Waals surface area contributed by atoms with Crippen molar-refractivity contribution in [1.82, 2.24) is 10.2 Å². The van der Waals surface area contributed by atoms with E-state index < -0.39 is 0 Å². The number of hydrogen-bond acceptors (Lipinski definition) is 2. The van der Waals surface area contributed by atoms with Gasteiger partial charge in [0.2, 0.25) is 5.91 Å². The summed E-state index contributed by atoms with van der Waals surface area (Å²) in [6, 6.07) is 9.18. The SMILES string of the molecule is CC(c1ccc(C2CCNCC2)cc1)N1CCCC1=O. The normalized spacial score (nSPS) is 22.2. The molecule has 3 nitrogen and oxygen atoms in total. The van der Waals surface area contributed by atoms with Crippen molar-refractivity contribution in [2.45, 2.75) is 44.6 Å². The van der Waals surface area contributed by atoms with Crippen LogP contribution in [0.2, 0.25) is 0 Å². The predicted molar refractivity (Wildman–Crippen MR) is 80.6 cm³/mol. The van der Waals surface area contributed by atoms with Gasteiger partial charge in [-0.3, -0.25) is 4.79 Å². The first kappa shape index (κ1) is 13.6. The second-order valence-corrected chi connectivity index (χ2v) is 6.06. The molecule has 1 aromatic carbocycles. The lowest BCUT2D eigenvalue weighted by Gasteiger charge is -2.26. The maximum atomic E-state index is 11.8. The van der Waals surface area contributed by atoms with Crippen molar-refractivity contribution in [3.63, 3.8) is 0 Å². The average molecular weight is 272 g/mol. The molecule has 1 aromatic rings. The van der Waals surface area contributed by atoms with Crippen molar-refractivity contribution in [2.75, 3.05) is 19.6 Å². The Morgan fingerprint density at radius 2 is 1.90 bits per heavy atom. The number of hydrogen-bond donors (Lipinski definition) is 1. The lowest BCUT2D eigenvalue weighted by atomic mass is 9.89. The Hall–Kier alpha value is -1.35. The summed E-state index contributed by atoms with van der Waals surface area (Å²) in [6.45, 7) is 5.31. The number of rotatable bonds is 3. The third-order valence-electron chi connectivity index (χ3n) is 4.81. The maximum absolute atomic E-state index is 11.8. The molecule has 1 N–H and O–H groups in total. The van der Waals surface area contributed by atoms with E-state index in [1.165, 1.54) is 24.0 Å². The average Bonchev–Trinajstić information content (AvgIpc) is 2.94. The van der Waals surface area contributed by atoms with Crippen LogP contribution in [0.1, 0.15) is 55.7 Å². The highest BCUT2D eigenvalue weighted by molar-refractivity contribution is 5.78. The fraction of sp³-hybridized carbons (Fsp3) is 0.588. The van der Waals surface area contributed by atoms with E-state index in [0.717, 1.165) is 32.5 Å². The van der Waals surface area contributed by atoms with E-state index >= 15 is 0 Å². The van der Waals surface area contributed by atoms with E-state index in [0.29, 0.717) is 11.8 Å². The molecule has 2 fully saturated rings. The molecular formula is C17H24N2O. The van der Waals surface area contributed by atoms with Crippen LogP contribution in [0.25, 0.3) is 0 Å². The zero-order valence-electron chi connectivity index (χ0n) is 12.3. The number of nitrogens with one attached hydrogen (secondary N) is 1. The minimum Gasteiger partial charge on any atom is -0.336 e. The summed E-state index contributed by atoms with van der Waals surface area (Å²) >= 11 is 0. The third-order valence-corrected chi connectivity index (χ3v) is 4.81. The molecule has 2 saturated heterocycles. The fourth-order valence-corrected chi connectivity index (χ4v) is 3.46. The van der Waals surface area contributed by atoms with Gasteiger partial charge in [-0.1, -0.05) is 24.3 Å². The lowest BCUT2D eigenvalue weighted by Crippen LogP contribution is -2.28. The standard InChI is InChI=1S/C17H24N2O/c1-13(19-12-2-3-17(19)20)14-4-6-15(7-5-14)16-8-10-18-11-9-16/h4-7,13,16,18H,2-3,8-12H2,1H3. The first-order chi connectivity index (χ1) is 9.75. The molecule has 1 atom stereocenters. The Balaban J connectivity index is 1.70. The Labute approximate surface area is 121 Å². The van der Waals surface area contributed by atoms with Gasteiger partial charge in [0, 0.05) is 13.0 Å². The molecule has 20 heavy (non-hydrogen) atoms. The molecule has 2 heterocycles. The van der Waals surface area contributed by atoms with E-state index in [4.69, 9.17) is 0 Å². The molecule has 0 bridgehead atoms. The third kappa shape index (κ3) is 2.73. The number of nitrogens with zero attached hydrogens (tertiary/aromatic N) is 1. The van der Waals surface area contributed by atoms with Crippen LogP contribution in [0.4, 0.5) is 0 Å². The first-order valence-corrected chi connectivity index (χ1v) is 7.86. The summed E-state index contributed by atoms with van der Waals surface area (Å²) in [6.07, 6.45) is 4.20. The van der Waals surface area contributed by atoms with Gasteiger partial charge in [0.1, 0.15) is 0 Å². The molecule has 0 spiro atoms. The smallest absolute Gasteiger partial charge is 0.223 e. The minimum atomic E-state index is 0.215. The van der Waals surface area contributed by atoms with E-state index in [9.17, 15) is 4.79 Å². The maximum Gasteiger partial charge on any atom is 0.223 e. The predicted octanol–water partition coefficient (Wildman–Crippen LogP) is 2.84. The highest BCUT2D eigenvalue weighted by Gasteiger charge is 2.26. The molecular weight excluding hydrogens is 248 g/mol. The number of amides is 1. The number of piperidine rings is 1. The zero-order chi connectivity index (χ0) is 13.9. The van der Waals surface area contributed by atoms with Gasteiger partial charge in [-0.15, -0.1) is 0 Å². The van der Waals surface area contributed by atoms with Gasteiger partial charge in [-0.2, -0.15) is 0 Å². The van der Waals surface area contributed by atoms with Crippen molar-refractivity contribution < 1.29 is 4.79 Å². The summed E-state index contributed by atoms with van der Waals surface area (Å²) in [4.78, 5) is 13.8. The summed E-state index contributed by atoms with van der Waals surface area (Å²) in [7, 11) is 0. The number of benzene rings is 1. The molecule has 1 amide bonds. The molecule has 2 aliphatic rings. The summed E-state index contributed by atoms with van der Waals surface area (Å²) in [5, 5.41) is 3.41. The summed E-state index contributed by atoms with van der Waals surface area (Å²) < 4.78 is 0. The van der Waals surface area contributed by atoms with E-state index in [1.54, 1.807) is 0 Å². The van der Waals surface area contributed by atoms with Gasteiger partial charge in [0.15, 0.2) is 0 Å². The van der Waals surface area contributed by atoms with Crippen LogP contribution in [0.5, 0.6) is 0 Å². The van der Waals surface area contributed by atoms with Crippen molar-refractivity contribution >= 4 is 5.91 Å².